The first-order valence-electron chi connectivity index (χ1n) is 6.40. The quantitative estimate of drug-likeness (QED) is 0.791. The summed E-state index contributed by atoms with van der Waals surface area (Å²) in [4.78, 5) is 11.5. The first kappa shape index (κ1) is 14.1. The molecule has 0 bridgehead atoms. The van der Waals surface area contributed by atoms with E-state index in [0.29, 0.717) is 5.56 Å². The summed E-state index contributed by atoms with van der Waals surface area (Å²) in [6, 6.07) is 11.4. The molecule has 0 spiro atoms. The third kappa shape index (κ3) is 2.82. The molecule has 0 aliphatic carbocycles. The number of Topliss-reactive ketones (excluding diaryl/α,β-unsaturated/α-hetero) is 1. The maximum absolute atomic E-state index is 11.5. The second kappa shape index (κ2) is 5.78. The van der Waals surface area contributed by atoms with E-state index in [0.717, 1.165) is 28.2 Å². The van der Waals surface area contributed by atoms with Crippen molar-refractivity contribution in [1.82, 2.24) is 0 Å². The van der Waals surface area contributed by atoms with Gasteiger partial charge in [0.15, 0.2) is 5.78 Å². The normalized spacial score (nSPS) is 10.2. The van der Waals surface area contributed by atoms with Crippen LogP contribution in [-0.2, 0) is 0 Å². The summed E-state index contributed by atoms with van der Waals surface area (Å²) < 4.78 is 10.6. The predicted molar refractivity (Wildman–Crippen MR) is 79.7 cm³/mol. The van der Waals surface area contributed by atoms with Gasteiger partial charge in [-0.1, -0.05) is 12.1 Å². The number of ether oxygens (including phenoxy) is 2. The molecule has 0 saturated carbocycles. The third-order valence-electron chi connectivity index (χ3n) is 3.31. The van der Waals surface area contributed by atoms with E-state index < -0.39 is 0 Å². The van der Waals surface area contributed by atoms with Gasteiger partial charge in [-0.05, 0) is 48.7 Å². The van der Waals surface area contributed by atoms with E-state index in [-0.39, 0.29) is 5.78 Å². The Labute approximate surface area is 119 Å². The van der Waals surface area contributed by atoms with Crippen LogP contribution in [0, 0.1) is 6.92 Å². The number of rotatable bonds is 4. The molecular weight excluding hydrogens is 252 g/mol. The van der Waals surface area contributed by atoms with Crippen LogP contribution in [0.1, 0.15) is 22.8 Å². The van der Waals surface area contributed by atoms with E-state index in [9.17, 15) is 4.79 Å². The summed E-state index contributed by atoms with van der Waals surface area (Å²) in [5.74, 6) is 1.51. The molecule has 0 radical (unpaired) electrons. The second-order valence-electron chi connectivity index (χ2n) is 4.69. The van der Waals surface area contributed by atoms with Crippen LogP contribution in [0.15, 0.2) is 36.4 Å². The Morgan fingerprint density at radius 2 is 1.55 bits per heavy atom. The van der Waals surface area contributed by atoms with Crippen LogP contribution in [-0.4, -0.2) is 20.0 Å². The molecule has 3 nitrogen and oxygen atoms in total. The molecule has 2 aromatic carbocycles. The van der Waals surface area contributed by atoms with Crippen LogP contribution in [0.3, 0.4) is 0 Å². The lowest BCUT2D eigenvalue weighted by Gasteiger charge is -2.11. The molecule has 104 valence electrons. The average Bonchev–Trinajstić information content (AvgIpc) is 2.46. The van der Waals surface area contributed by atoms with E-state index in [1.54, 1.807) is 21.1 Å². The average molecular weight is 270 g/mol. The molecule has 0 atom stereocenters. The van der Waals surface area contributed by atoms with Gasteiger partial charge in [-0.25, -0.2) is 0 Å². The largest absolute Gasteiger partial charge is 0.497 e. The number of benzene rings is 2. The van der Waals surface area contributed by atoms with Crippen LogP contribution in [0.2, 0.25) is 0 Å². The van der Waals surface area contributed by atoms with Gasteiger partial charge < -0.3 is 9.47 Å². The molecule has 0 N–H and O–H groups in total. The predicted octanol–water partition coefficient (Wildman–Crippen LogP) is 3.88. The van der Waals surface area contributed by atoms with Crippen LogP contribution >= 0.6 is 0 Å². The van der Waals surface area contributed by atoms with Crippen molar-refractivity contribution in [3.63, 3.8) is 0 Å². The lowest BCUT2D eigenvalue weighted by atomic mass is 9.96. The van der Waals surface area contributed by atoms with Crippen LogP contribution in [0.5, 0.6) is 11.5 Å². The Hall–Kier alpha value is -2.29. The highest BCUT2D eigenvalue weighted by molar-refractivity contribution is 5.95. The van der Waals surface area contributed by atoms with Gasteiger partial charge in [0.1, 0.15) is 11.5 Å². The number of ketones is 1. The van der Waals surface area contributed by atoms with Gasteiger partial charge in [0, 0.05) is 11.6 Å². The summed E-state index contributed by atoms with van der Waals surface area (Å²) in [5, 5.41) is 0. The van der Waals surface area contributed by atoms with Gasteiger partial charge in [0.05, 0.1) is 14.2 Å². The molecule has 3 heteroatoms. The van der Waals surface area contributed by atoms with Crippen molar-refractivity contribution in [2.45, 2.75) is 13.8 Å². The second-order valence-corrected chi connectivity index (χ2v) is 4.69. The van der Waals surface area contributed by atoms with Crippen molar-refractivity contribution < 1.29 is 14.3 Å². The summed E-state index contributed by atoms with van der Waals surface area (Å²) >= 11 is 0. The van der Waals surface area contributed by atoms with E-state index in [4.69, 9.17) is 9.47 Å². The standard InChI is InChI=1S/C17H18O3/c1-11-5-6-13(12(2)18)9-17(11)14-7-15(19-3)10-16(8-14)20-4/h5-10H,1-4H3. The molecule has 0 amide bonds. The maximum atomic E-state index is 11.5. The van der Waals surface area contributed by atoms with Gasteiger partial charge in [-0.3, -0.25) is 4.79 Å². The molecule has 0 aromatic heterocycles. The Morgan fingerprint density at radius 3 is 2.05 bits per heavy atom. The summed E-state index contributed by atoms with van der Waals surface area (Å²) in [7, 11) is 3.24. The van der Waals surface area contributed by atoms with Crippen molar-refractivity contribution in [3.8, 4) is 22.6 Å². The van der Waals surface area contributed by atoms with Crippen LogP contribution < -0.4 is 9.47 Å². The molecule has 0 unspecified atom stereocenters. The zero-order valence-corrected chi connectivity index (χ0v) is 12.2. The van der Waals surface area contributed by atoms with Gasteiger partial charge in [0.2, 0.25) is 0 Å². The van der Waals surface area contributed by atoms with E-state index >= 15 is 0 Å². The van der Waals surface area contributed by atoms with Crippen molar-refractivity contribution in [2.75, 3.05) is 14.2 Å². The monoisotopic (exact) mass is 270 g/mol. The molecule has 0 saturated heterocycles. The molecule has 2 aromatic rings. The molecule has 0 heterocycles. The molecule has 0 aliphatic heterocycles. The van der Waals surface area contributed by atoms with Gasteiger partial charge in [-0.15, -0.1) is 0 Å². The number of methoxy groups -OCH3 is 2. The number of hydrogen-bond acceptors (Lipinski definition) is 3. The topological polar surface area (TPSA) is 35.5 Å². The Morgan fingerprint density at radius 1 is 0.950 bits per heavy atom. The lowest BCUT2D eigenvalue weighted by molar-refractivity contribution is 0.101. The zero-order valence-electron chi connectivity index (χ0n) is 12.2. The molecular formula is C17H18O3. The van der Waals surface area contributed by atoms with E-state index in [1.165, 1.54) is 0 Å². The lowest BCUT2D eigenvalue weighted by Crippen LogP contribution is -1.95. The van der Waals surface area contributed by atoms with Gasteiger partial charge in [-0.2, -0.15) is 0 Å². The van der Waals surface area contributed by atoms with E-state index in [1.807, 2.05) is 43.3 Å². The zero-order chi connectivity index (χ0) is 14.7. The Bertz CT molecular complexity index is 622. The first-order valence-corrected chi connectivity index (χ1v) is 6.40. The van der Waals surface area contributed by atoms with E-state index in [2.05, 4.69) is 0 Å². The molecule has 2 rings (SSSR count). The van der Waals surface area contributed by atoms with Crippen molar-refractivity contribution in [2.24, 2.45) is 0 Å². The van der Waals surface area contributed by atoms with Crippen LogP contribution in [0.25, 0.3) is 11.1 Å². The van der Waals surface area contributed by atoms with Gasteiger partial charge >= 0.3 is 0 Å². The maximum Gasteiger partial charge on any atom is 0.159 e. The molecule has 0 fully saturated rings. The first-order chi connectivity index (χ1) is 9.55. The SMILES string of the molecule is COc1cc(OC)cc(-c2cc(C(C)=O)ccc2C)c1. The summed E-state index contributed by atoms with van der Waals surface area (Å²) in [6.07, 6.45) is 0. The Balaban J connectivity index is 2.60. The minimum atomic E-state index is 0.0566. The third-order valence-corrected chi connectivity index (χ3v) is 3.31. The minimum absolute atomic E-state index is 0.0566. The fraction of sp³-hybridized carbons (Fsp3) is 0.235. The molecule has 0 aliphatic rings. The van der Waals surface area contributed by atoms with Crippen molar-refractivity contribution >= 4 is 5.78 Å². The summed E-state index contributed by atoms with van der Waals surface area (Å²) in [6.45, 7) is 3.59. The number of aryl methyl sites for hydroxylation is 1. The number of carbonyl (C=O) groups is 1. The fourth-order valence-electron chi connectivity index (χ4n) is 2.11. The highest BCUT2D eigenvalue weighted by Crippen LogP contribution is 2.32. The Kier molecular flexibility index (Phi) is 4.08. The highest BCUT2D eigenvalue weighted by atomic mass is 16.5. The summed E-state index contributed by atoms with van der Waals surface area (Å²) in [5.41, 5.74) is 3.79. The van der Waals surface area contributed by atoms with Crippen molar-refractivity contribution in [3.05, 3.63) is 47.5 Å². The number of carbonyl (C=O) groups excluding carboxylic acids is 1. The minimum Gasteiger partial charge on any atom is -0.497 e. The van der Waals surface area contributed by atoms with Gasteiger partial charge in [0.25, 0.3) is 0 Å². The highest BCUT2D eigenvalue weighted by Gasteiger charge is 2.09. The smallest absolute Gasteiger partial charge is 0.159 e. The molecule has 20 heavy (non-hydrogen) atoms. The fourth-order valence-corrected chi connectivity index (χ4v) is 2.11. The van der Waals surface area contributed by atoms with Crippen LogP contribution in [0.4, 0.5) is 0 Å². The van der Waals surface area contributed by atoms with Crippen molar-refractivity contribution in [1.29, 1.82) is 0 Å². The number of hydrogen-bond donors (Lipinski definition) is 0.